The van der Waals surface area contributed by atoms with Gasteiger partial charge in [0, 0.05) is 12.1 Å². The van der Waals surface area contributed by atoms with Crippen molar-refractivity contribution in [3.05, 3.63) is 34.9 Å². The number of nitrogens with zero attached hydrogens (tertiary/aromatic N) is 1. The molecule has 0 radical (unpaired) electrons. The number of carbonyl (C=O) groups excluding carboxylic acids is 3. The Morgan fingerprint density at radius 3 is 2.52 bits per heavy atom. The van der Waals surface area contributed by atoms with Gasteiger partial charge >= 0.3 is 5.97 Å². The van der Waals surface area contributed by atoms with Crippen molar-refractivity contribution in [2.24, 2.45) is 5.92 Å². The van der Waals surface area contributed by atoms with Gasteiger partial charge in [-0.15, -0.1) is 0 Å². The van der Waals surface area contributed by atoms with Gasteiger partial charge in [0.25, 0.3) is 17.7 Å². The largest absolute Gasteiger partial charge is 0.480 e. The Hall–Kier alpha value is -2.70. The fraction of sp³-hybridized carbons (Fsp3) is 0.444. The highest BCUT2D eigenvalue weighted by Gasteiger charge is 2.38. The van der Waals surface area contributed by atoms with E-state index in [4.69, 9.17) is 0 Å². The molecule has 3 rings (SSSR count). The molecule has 1 unspecified atom stereocenters. The maximum absolute atomic E-state index is 12.4. The van der Waals surface area contributed by atoms with Crippen LogP contribution in [0.4, 0.5) is 0 Å². The minimum atomic E-state index is -1.06. The first-order chi connectivity index (χ1) is 11.9. The Balaban J connectivity index is 1.79. The Labute approximate surface area is 145 Å². The number of hydrogen-bond donors (Lipinski definition) is 2. The zero-order valence-corrected chi connectivity index (χ0v) is 13.9. The van der Waals surface area contributed by atoms with Crippen LogP contribution < -0.4 is 5.32 Å². The number of carbonyl (C=O) groups is 4. The van der Waals surface area contributed by atoms with Crippen molar-refractivity contribution in [2.75, 3.05) is 6.54 Å². The van der Waals surface area contributed by atoms with Crippen LogP contribution in [0.5, 0.6) is 0 Å². The topological polar surface area (TPSA) is 104 Å². The standard InChI is InChI=1S/C18H20N2O5/c1-2-3-8-20-16(22)12-7-6-11(9-13(12)17(20)23)15(21)19-14(18(24)25)10-4-5-10/h6-7,9-10,14H,2-5,8H2,1H3,(H,19,21)(H,24,25). The molecule has 2 N–H and O–H groups in total. The molecule has 1 aromatic carbocycles. The smallest absolute Gasteiger partial charge is 0.326 e. The van der Waals surface area contributed by atoms with Crippen molar-refractivity contribution < 1.29 is 24.3 Å². The molecule has 25 heavy (non-hydrogen) atoms. The molecule has 7 nitrogen and oxygen atoms in total. The van der Waals surface area contributed by atoms with Crippen molar-refractivity contribution >= 4 is 23.7 Å². The molecule has 7 heteroatoms. The summed E-state index contributed by atoms with van der Waals surface area (Å²) in [5.41, 5.74) is 0.672. The van der Waals surface area contributed by atoms with E-state index < -0.39 is 23.8 Å². The fourth-order valence-electron chi connectivity index (χ4n) is 2.99. The van der Waals surface area contributed by atoms with Gasteiger partial charge in [-0.1, -0.05) is 13.3 Å². The van der Waals surface area contributed by atoms with Crippen LogP contribution in [0, 0.1) is 5.92 Å². The van der Waals surface area contributed by atoms with Gasteiger partial charge in [-0.3, -0.25) is 19.3 Å². The third kappa shape index (κ3) is 3.26. The molecule has 0 saturated heterocycles. The van der Waals surface area contributed by atoms with Gasteiger partial charge in [0.1, 0.15) is 6.04 Å². The molecular weight excluding hydrogens is 324 g/mol. The van der Waals surface area contributed by atoms with E-state index >= 15 is 0 Å². The molecule has 0 bridgehead atoms. The minimum Gasteiger partial charge on any atom is -0.480 e. The Bertz CT molecular complexity index is 754. The second-order valence-electron chi connectivity index (χ2n) is 6.50. The Morgan fingerprint density at radius 1 is 1.24 bits per heavy atom. The Morgan fingerprint density at radius 2 is 1.92 bits per heavy atom. The highest BCUT2D eigenvalue weighted by molar-refractivity contribution is 6.22. The number of hydrogen-bond acceptors (Lipinski definition) is 4. The normalized spacial score (nSPS) is 17.4. The highest BCUT2D eigenvalue weighted by Crippen LogP contribution is 2.33. The number of carboxylic acid groups (broad SMARTS) is 1. The number of benzene rings is 1. The lowest BCUT2D eigenvalue weighted by molar-refractivity contribution is -0.139. The lowest BCUT2D eigenvalue weighted by atomic mass is 10.0. The predicted octanol–water partition coefficient (Wildman–Crippen LogP) is 1.68. The van der Waals surface area contributed by atoms with Crippen LogP contribution in [0.3, 0.4) is 0 Å². The minimum absolute atomic E-state index is 0.0383. The summed E-state index contributed by atoms with van der Waals surface area (Å²) in [4.78, 5) is 49.5. The molecule has 2 aliphatic rings. The summed E-state index contributed by atoms with van der Waals surface area (Å²) in [7, 11) is 0. The molecule has 3 amide bonds. The first-order valence-electron chi connectivity index (χ1n) is 8.48. The number of aliphatic carboxylic acids is 1. The van der Waals surface area contributed by atoms with Crippen LogP contribution in [-0.4, -0.2) is 46.3 Å². The summed E-state index contributed by atoms with van der Waals surface area (Å²) in [5, 5.41) is 11.7. The molecule has 132 valence electrons. The van der Waals surface area contributed by atoms with Crippen molar-refractivity contribution in [1.82, 2.24) is 10.2 Å². The number of carboxylic acids is 1. The number of unbranched alkanes of at least 4 members (excludes halogenated alkanes) is 1. The molecule has 1 atom stereocenters. The summed E-state index contributed by atoms with van der Waals surface area (Å²) in [6, 6.07) is 3.37. The predicted molar refractivity (Wildman–Crippen MR) is 88.3 cm³/mol. The summed E-state index contributed by atoms with van der Waals surface area (Å²) in [5.74, 6) is -2.39. The van der Waals surface area contributed by atoms with Gasteiger partial charge in [-0.25, -0.2) is 4.79 Å². The van der Waals surface area contributed by atoms with Gasteiger partial charge in [-0.05, 0) is 43.4 Å². The first kappa shape index (κ1) is 17.1. The number of amides is 3. The van der Waals surface area contributed by atoms with E-state index in [1.165, 1.54) is 23.1 Å². The maximum Gasteiger partial charge on any atom is 0.326 e. The Kier molecular flexibility index (Phi) is 4.57. The molecule has 1 aromatic rings. The van der Waals surface area contributed by atoms with E-state index in [9.17, 15) is 24.3 Å². The lowest BCUT2D eigenvalue weighted by Gasteiger charge is -2.13. The molecule has 0 spiro atoms. The van der Waals surface area contributed by atoms with Crippen molar-refractivity contribution in [3.63, 3.8) is 0 Å². The molecule has 1 saturated carbocycles. The molecule has 1 aliphatic carbocycles. The van der Waals surface area contributed by atoms with Crippen molar-refractivity contribution in [1.29, 1.82) is 0 Å². The second-order valence-corrected chi connectivity index (χ2v) is 6.50. The average Bonchev–Trinajstić information content (AvgIpc) is 3.39. The summed E-state index contributed by atoms with van der Waals surface area (Å²) < 4.78 is 0. The van der Waals surface area contributed by atoms with Crippen LogP contribution in [0.2, 0.25) is 0 Å². The summed E-state index contributed by atoms with van der Waals surface area (Å²) in [6.45, 7) is 2.33. The fourth-order valence-corrected chi connectivity index (χ4v) is 2.99. The van der Waals surface area contributed by atoms with E-state index in [1.807, 2.05) is 6.92 Å². The van der Waals surface area contributed by atoms with E-state index in [2.05, 4.69) is 5.32 Å². The van der Waals surface area contributed by atoms with Crippen LogP contribution in [-0.2, 0) is 4.79 Å². The van der Waals surface area contributed by atoms with Crippen LogP contribution in [0.1, 0.15) is 63.7 Å². The van der Waals surface area contributed by atoms with E-state index in [1.54, 1.807) is 0 Å². The van der Waals surface area contributed by atoms with E-state index in [0.29, 0.717) is 6.54 Å². The van der Waals surface area contributed by atoms with Crippen molar-refractivity contribution in [3.8, 4) is 0 Å². The van der Waals surface area contributed by atoms with Crippen LogP contribution in [0.15, 0.2) is 18.2 Å². The number of nitrogens with one attached hydrogen (secondary N) is 1. The number of imide groups is 1. The zero-order chi connectivity index (χ0) is 18.1. The van der Waals surface area contributed by atoms with E-state index in [-0.39, 0.29) is 28.5 Å². The van der Waals surface area contributed by atoms with Crippen molar-refractivity contribution in [2.45, 2.75) is 38.6 Å². The van der Waals surface area contributed by atoms with Crippen LogP contribution >= 0.6 is 0 Å². The number of fused-ring (bicyclic) bond motifs is 1. The first-order valence-corrected chi connectivity index (χ1v) is 8.48. The lowest BCUT2D eigenvalue weighted by Crippen LogP contribution is -2.42. The summed E-state index contributed by atoms with van der Waals surface area (Å²) >= 11 is 0. The molecule has 1 aliphatic heterocycles. The highest BCUT2D eigenvalue weighted by atomic mass is 16.4. The third-order valence-corrected chi connectivity index (χ3v) is 4.61. The third-order valence-electron chi connectivity index (χ3n) is 4.61. The molecule has 0 aromatic heterocycles. The van der Waals surface area contributed by atoms with Gasteiger partial charge in [0.05, 0.1) is 11.1 Å². The molecule has 1 heterocycles. The van der Waals surface area contributed by atoms with Crippen LogP contribution in [0.25, 0.3) is 0 Å². The zero-order valence-electron chi connectivity index (χ0n) is 13.9. The quantitative estimate of drug-likeness (QED) is 0.732. The molecule has 1 fully saturated rings. The average molecular weight is 344 g/mol. The second kappa shape index (κ2) is 6.66. The van der Waals surface area contributed by atoms with Gasteiger partial charge in [0.2, 0.25) is 0 Å². The maximum atomic E-state index is 12.4. The van der Waals surface area contributed by atoms with E-state index in [0.717, 1.165) is 25.7 Å². The molecular formula is C18H20N2O5. The summed E-state index contributed by atoms with van der Waals surface area (Å²) in [6.07, 6.45) is 3.14. The van der Waals surface area contributed by atoms with Gasteiger partial charge in [0.15, 0.2) is 0 Å². The van der Waals surface area contributed by atoms with Gasteiger partial charge in [-0.2, -0.15) is 0 Å². The van der Waals surface area contributed by atoms with Gasteiger partial charge < -0.3 is 10.4 Å². The monoisotopic (exact) mass is 344 g/mol. The SMILES string of the molecule is CCCCN1C(=O)c2ccc(C(=O)NC(C(=O)O)C3CC3)cc2C1=O. The number of rotatable bonds is 7.